The lowest BCUT2D eigenvalue weighted by atomic mass is 10.1. The molecule has 2 N–H and O–H groups in total. The standard InChI is InChI=1S/C7H13N.ClH/c1-3-5-7(8)6-4-2;/h3-4,7H,1-2,5-6,8H2;1H. The summed E-state index contributed by atoms with van der Waals surface area (Å²) in [5.74, 6) is 0. The molecule has 0 radical (unpaired) electrons. The summed E-state index contributed by atoms with van der Waals surface area (Å²) in [4.78, 5) is 0. The molecule has 0 amide bonds. The Morgan fingerprint density at radius 2 is 1.56 bits per heavy atom. The second-order valence-corrected chi connectivity index (χ2v) is 1.81. The van der Waals surface area contributed by atoms with Crippen LogP contribution in [0.15, 0.2) is 25.3 Å². The molecule has 0 aromatic heterocycles. The molecular formula is C7H14ClN. The van der Waals surface area contributed by atoms with Gasteiger partial charge in [0.05, 0.1) is 0 Å². The molecule has 0 heterocycles. The van der Waals surface area contributed by atoms with Gasteiger partial charge in [0.25, 0.3) is 0 Å². The summed E-state index contributed by atoms with van der Waals surface area (Å²) in [7, 11) is 0. The zero-order valence-corrected chi connectivity index (χ0v) is 6.36. The van der Waals surface area contributed by atoms with Crippen molar-refractivity contribution >= 4 is 12.4 Å². The Bertz CT molecular complexity index is 71.0. The van der Waals surface area contributed by atoms with Gasteiger partial charge in [0.1, 0.15) is 0 Å². The molecule has 0 unspecified atom stereocenters. The highest BCUT2D eigenvalue weighted by Gasteiger charge is 1.92. The van der Waals surface area contributed by atoms with Gasteiger partial charge < -0.3 is 5.73 Å². The van der Waals surface area contributed by atoms with E-state index in [-0.39, 0.29) is 18.4 Å². The van der Waals surface area contributed by atoms with Crippen LogP contribution < -0.4 is 5.73 Å². The Morgan fingerprint density at radius 1 is 1.22 bits per heavy atom. The molecule has 0 aliphatic heterocycles. The van der Waals surface area contributed by atoms with E-state index in [0.29, 0.717) is 0 Å². The molecule has 0 saturated carbocycles. The van der Waals surface area contributed by atoms with Crippen molar-refractivity contribution in [3.05, 3.63) is 25.3 Å². The van der Waals surface area contributed by atoms with Crippen LogP contribution in [0.3, 0.4) is 0 Å². The number of halogens is 1. The van der Waals surface area contributed by atoms with E-state index in [4.69, 9.17) is 5.73 Å². The summed E-state index contributed by atoms with van der Waals surface area (Å²) >= 11 is 0. The van der Waals surface area contributed by atoms with Crippen molar-refractivity contribution < 1.29 is 0 Å². The second-order valence-electron chi connectivity index (χ2n) is 1.81. The van der Waals surface area contributed by atoms with Crippen molar-refractivity contribution in [3.8, 4) is 0 Å². The summed E-state index contributed by atoms with van der Waals surface area (Å²) in [5, 5.41) is 0. The predicted octanol–water partition coefficient (Wildman–Crippen LogP) is 1.89. The Kier molecular flexibility index (Phi) is 9.89. The zero-order valence-electron chi connectivity index (χ0n) is 5.55. The quantitative estimate of drug-likeness (QED) is 0.604. The van der Waals surface area contributed by atoms with Gasteiger partial charge in [0, 0.05) is 6.04 Å². The predicted molar refractivity (Wildman–Crippen MR) is 44.9 cm³/mol. The van der Waals surface area contributed by atoms with Gasteiger partial charge in [-0.25, -0.2) is 0 Å². The topological polar surface area (TPSA) is 26.0 Å². The van der Waals surface area contributed by atoms with Crippen LogP contribution in [-0.4, -0.2) is 6.04 Å². The van der Waals surface area contributed by atoms with Gasteiger partial charge in [-0.1, -0.05) is 12.2 Å². The van der Waals surface area contributed by atoms with Crippen LogP contribution >= 0.6 is 12.4 Å². The van der Waals surface area contributed by atoms with Crippen LogP contribution in [0.1, 0.15) is 12.8 Å². The summed E-state index contributed by atoms with van der Waals surface area (Å²) in [6, 6.07) is 0.227. The minimum atomic E-state index is 0. The minimum Gasteiger partial charge on any atom is -0.327 e. The van der Waals surface area contributed by atoms with E-state index in [0.717, 1.165) is 12.8 Å². The third-order valence-corrected chi connectivity index (χ3v) is 0.939. The van der Waals surface area contributed by atoms with E-state index in [2.05, 4.69) is 13.2 Å². The second kappa shape index (κ2) is 7.73. The monoisotopic (exact) mass is 147 g/mol. The molecule has 0 aromatic carbocycles. The summed E-state index contributed by atoms with van der Waals surface area (Å²) < 4.78 is 0. The molecule has 54 valence electrons. The fraction of sp³-hybridized carbons (Fsp3) is 0.429. The molecule has 0 spiro atoms. The SMILES string of the molecule is C=CCC(N)CC=C.Cl. The maximum absolute atomic E-state index is 5.55. The first-order chi connectivity index (χ1) is 3.81. The molecule has 0 aliphatic rings. The third-order valence-electron chi connectivity index (χ3n) is 0.939. The molecule has 0 bridgehead atoms. The van der Waals surface area contributed by atoms with Crippen LogP contribution in [-0.2, 0) is 0 Å². The lowest BCUT2D eigenvalue weighted by Crippen LogP contribution is -2.17. The van der Waals surface area contributed by atoms with E-state index >= 15 is 0 Å². The fourth-order valence-electron chi connectivity index (χ4n) is 0.524. The Balaban J connectivity index is 0. The van der Waals surface area contributed by atoms with Gasteiger partial charge in [-0.3, -0.25) is 0 Å². The maximum Gasteiger partial charge on any atom is 0.0108 e. The first-order valence-corrected chi connectivity index (χ1v) is 2.78. The molecule has 0 aromatic rings. The van der Waals surface area contributed by atoms with Crippen LogP contribution in [0.2, 0.25) is 0 Å². The highest BCUT2D eigenvalue weighted by Crippen LogP contribution is 1.93. The van der Waals surface area contributed by atoms with Crippen LogP contribution in [0.5, 0.6) is 0 Å². The average molecular weight is 148 g/mol. The van der Waals surface area contributed by atoms with Crippen molar-refractivity contribution in [2.75, 3.05) is 0 Å². The summed E-state index contributed by atoms with van der Waals surface area (Å²) in [5.41, 5.74) is 5.55. The van der Waals surface area contributed by atoms with Crippen molar-refractivity contribution in [1.29, 1.82) is 0 Å². The zero-order chi connectivity index (χ0) is 6.41. The van der Waals surface area contributed by atoms with Gasteiger partial charge in [0.2, 0.25) is 0 Å². The van der Waals surface area contributed by atoms with Crippen molar-refractivity contribution in [2.24, 2.45) is 5.73 Å². The summed E-state index contributed by atoms with van der Waals surface area (Å²) in [6.07, 6.45) is 5.42. The van der Waals surface area contributed by atoms with Gasteiger partial charge >= 0.3 is 0 Å². The molecule has 1 nitrogen and oxygen atoms in total. The molecule has 0 saturated heterocycles. The largest absolute Gasteiger partial charge is 0.327 e. The van der Waals surface area contributed by atoms with Gasteiger partial charge in [-0.05, 0) is 12.8 Å². The minimum absolute atomic E-state index is 0. The number of hydrogen-bond acceptors (Lipinski definition) is 1. The van der Waals surface area contributed by atoms with E-state index in [1.807, 2.05) is 12.2 Å². The fourth-order valence-corrected chi connectivity index (χ4v) is 0.524. The Hall–Kier alpha value is -0.270. The number of hydrogen-bond donors (Lipinski definition) is 1. The van der Waals surface area contributed by atoms with E-state index in [9.17, 15) is 0 Å². The normalized spacial score (nSPS) is 8.22. The van der Waals surface area contributed by atoms with Crippen molar-refractivity contribution in [2.45, 2.75) is 18.9 Å². The van der Waals surface area contributed by atoms with Crippen molar-refractivity contribution in [1.82, 2.24) is 0 Å². The summed E-state index contributed by atoms with van der Waals surface area (Å²) in [6.45, 7) is 7.14. The molecule has 9 heavy (non-hydrogen) atoms. The van der Waals surface area contributed by atoms with E-state index < -0.39 is 0 Å². The third kappa shape index (κ3) is 7.73. The van der Waals surface area contributed by atoms with Gasteiger partial charge in [0.15, 0.2) is 0 Å². The molecule has 0 atom stereocenters. The van der Waals surface area contributed by atoms with Gasteiger partial charge in [-0.2, -0.15) is 0 Å². The molecule has 0 fully saturated rings. The molecular weight excluding hydrogens is 134 g/mol. The molecule has 0 aliphatic carbocycles. The molecule has 0 rings (SSSR count). The average Bonchev–Trinajstić information content (AvgIpc) is 1.68. The lowest BCUT2D eigenvalue weighted by Gasteiger charge is -2.01. The van der Waals surface area contributed by atoms with Crippen LogP contribution in [0.4, 0.5) is 0 Å². The van der Waals surface area contributed by atoms with Gasteiger partial charge in [-0.15, -0.1) is 25.6 Å². The lowest BCUT2D eigenvalue weighted by molar-refractivity contribution is 0.696. The maximum atomic E-state index is 5.55. The van der Waals surface area contributed by atoms with Crippen molar-refractivity contribution in [3.63, 3.8) is 0 Å². The Morgan fingerprint density at radius 3 is 1.78 bits per heavy atom. The smallest absolute Gasteiger partial charge is 0.0108 e. The highest BCUT2D eigenvalue weighted by atomic mass is 35.5. The van der Waals surface area contributed by atoms with Crippen LogP contribution in [0.25, 0.3) is 0 Å². The first-order valence-electron chi connectivity index (χ1n) is 2.78. The highest BCUT2D eigenvalue weighted by molar-refractivity contribution is 5.85. The number of nitrogens with two attached hydrogens (primary N) is 1. The molecule has 2 heteroatoms. The van der Waals surface area contributed by atoms with E-state index in [1.54, 1.807) is 0 Å². The van der Waals surface area contributed by atoms with Crippen LogP contribution in [0, 0.1) is 0 Å². The Labute approximate surface area is 63.0 Å². The van der Waals surface area contributed by atoms with E-state index in [1.165, 1.54) is 0 Å². The number of rotatable bonds is 4. The first kappa shape index (κ1) is 11.5.